The van der Waals surface area contributed by atoms with E-state index in [0.717, 1.165) is 22.2 Å². The molecule has 2 aromatic heterocycles. The number of rotatable bonds is 2. The fourth-order valence-electron chi connectivity index (χ4n) is 1.81. The van der Waals surface area contributed by atoms with Crippen LogP contribution in [0.4, 0.5) is 0 Å². The molecule has 5 heteroatoms. The summed E-state index contributed by atoms with van der Waals surface area (Å²) >= 11 is 1.17. The number of benzene rings is 1. The first-order chi connectivity index (χ1) is 8.29. The van der Waals surface area contributed by atoms with E-state index in [2.05, 4.69) is 8.75 Å². The predicted molar refractivity (Wildman–Crippen MR) is 65.2 cm³/mol. The van der Waals surface area contributed by atoms with E-state index in [4.69, 9.17) is 4.42 Å². The van der Waals surface area contributed by atoms with Crippen molar-refractivity contribution >= 4 is 29.0 Å². The van der Waals surface area contributed by atoms with E-state index in [1.54, 1.807) is 12.1 Å². The Hall–Kier alpha value is -2.01. The average molecular weight is 244 g/mol. The van der Waals surface area contributed by atoms with Gasteiger partial charge in [-0.15, -0.1) is 0 Å². The summed E-state index contributed by atoms with van der Waals surface area (Å²) in [5.74, 6) is 0.975. The summed E-state index contributed by atoms with van der Waals surface area (Å²) in [7, 11) is 0. The molecule has 4 nitrogen and oxygen atoms in total. The van der Waals surface area contributed by atoms with Gasteiger partial charge in [-0.1, -0.05) is 6.07 Å². The zero-order valence-corrected chi connectivity index (χ0v) is 9.82. The molecule has 84 valence electrons. The Bertz CT molecular complexity index is 699. The number of hydrogen-bond acceptors (Lipinski definition) is 5. The second kappa shape index (κ2) is 3.78. The Morgan fingerprint density at radius 1 is 1.24 bits per heavy atom. The molecule has 3 rings (SSSR count). The first kappa shape index (κ1) is 10.2. The Balaban J connectivity index is 2.31. The van der Waals surface area contributed by atoms with Gasteiger partial charge >= 0.3 is 0 Å². The van der Waals surface area contributed by atoms with Gasteiger partial charge in [0, 0.05) is 5.56 Å². The van der Waals surface area contributed by atoms with Crippen molar-refractivity contribution in [1.82, 2.24) is 8.75 Å². The summed E-state index contributed by atoms with van der Waals surface area (Å²) in [5, 5.41) is 0. The molecule has 1 aromatic carbocycles. The number of nitrogens with zero attached hydrogens (tertiary/aromatic N) is 2. The molecule has 0 fully saturated rings. The number of carbonyl (C=O) groups excluding carboxylic acids is 1. The van der Waals surface area contributed by atoms with Gasteiger partial charge in [0.05, 0.1) is 11.7 Å². The SMILES string of the molecule is Cc1ccc2nsnc2c1-c1ccc(C=O)o1. The van der Waals surface area contributed by atoms with Crippen LogP contribution >= 0.6 is 11.7 Å². The monoisotopic (exact) mass is 244 g/mol. The van der Waals surface area contributed by atoms with Gasteiger partial charge in [-0.05, 0) is 30.7 Å². The van der Waals surface area contributed by atoms with Gasteiger partial charge < -0.3 is 4.42 Å². The number of aldehydes is 1. The maximum atomic E-state index is 10.6. The van der Waals surface area contributed by atoms with Crippen molar-refractivity contribution in [1.29, 1.82) is 0 Å². The highest BCUT2D eigenvalue weighted by molar-refractivity contribution is 7.00. The van der Waals surface area contributed by atoms with E-state index in [9.17, 15) is 4.79 Å². The molecule has 0 amide bonds. The van der Waals surface area contributed by atoms with Crippen LogP contribution in [0.5, 0.6) is 0 Å². The van der Waals surface area contributed by atoms with Crippen LogP contribution in [-0.2, 0) is 0 Å². The quantitative estimate of drug-likeness (QED) is 0.650. The Morgan fingerprint density at radius 2 is 2.12 bits per heavy atom. The molecule has 0 aliphatic heterocycles. The van der Waals surface area contributed by atoms with Gasteiger partial charge in [-0.25, -0.2) is 0 Å². The Morgan fingerprint density at radius 3 is 2.88 bits per heavy atom. The number of aryl methyl sites for hydroxylation is 1. The van der Waals surface area contributed by atoms with E-state index in [1.165, 1.54) is 11.7 Å². The lowest BCUT2D eigenvalue weighted by atomic mass is 10.0. The number of furan rings is 1. The van der Waals surface area contributed by atoms with Crippen LogP contribution in [0.3, 0.4) is 0 Å². The third kappa shape index (κ3) is 1.55. The molecule has 3 aromatic rings. The Kier molecular flexibility index (Phi) is 2.26. The first-order valence-electron chi connectivity index (χ1n) is 5.07. The molecule has 0 saturated carbocycles. The van der Waals surface area contributed by atoms with Crippen molar-refractivity contribution < 1.29 is 9.21 Å². The molecule has 17 heavy (non-hydrogen) atoms. The maximum Gasteiger partial charge on any atom is 0.185 e. The smallest absolute Gasteiger partial charge is 0.185 e. The molecule has 0 bridgehead atoms. The van der Waals surface area contributed by atoms with Crippen molar-refractivity contribution in [3.05, 3.63) is 35.6 Å². The van der Waals surface area contributed by atoms with E-state index < -0.39 is 0 Å². The van der Waals surface area contributed by atoms with Crippen LogP contribution in [0, 0.1) is 6.92 Å². The highest BCUT2D eigenvalue weighted by Crippen LogP contribution is 2.31. The molecule has 2 heterocycles. The van der Waals surface area contributed by atoms with Gasteiger partial charge in [0.25, 0.3) is 0 Å². The lowest BCUT2D eigenvalue weighted by molar-refractivity contribution is 0.110. The van der Waals surface area contributed by atoms with Crippen molar-refractivity contribution in [2.45, 2.75) is 6.92 Å². The van der Waals surface area contributed by atoms with Gasteiger partial charge in [0.2, 0.25) is 0 Å². The van der Waals surface area contributed by atoms with E-state index in [1.807, 2.05) is 19.1 Å². The molecule has 0 aliphatic rings. The minimum atomic E-state index is 0.319. The van der Waals surface area contributed by atoms with Crippen LogP contribution in [-0.4, -0.2) is 15.0 Å². The zero-order chi connectivity index (χ0) is 11.8. The van der Waals surface area contributed by atoms with Crippen molar-refractivity contribution in [2.75, 3.05) is 0 Å². The zero-order valence-electron chi connectivity index (χ0n) is 9.01. The second-order valence-electron chi connectivity index (χ2n) is 3.71. The summed E-state index contributed by atoms with van der Waals surface area (Å²) in [6, 6.07) is 7.34. The van der Waals surface area contributed by atoms with Crippen LogP contribution in [0.1, 0.15) is 16.1 Å². The molecule has 0 N–H and O–H groups in total. The third-order valence-corrected chi connectivity index (χ3v) is 3.17. The van der Waals surface area contributed by atoms with E-state index in [-0.39, 0.29) is 0 Å². The molecule has 0 unspecified atom stereocenters. The topological polar surface area (TPSA) is 56.0 Å². The molecular formula is C12H8N2O2S. The summed E-state index contributed by atoms with van der Waals surface area (Å²) in [5.41, 5.74) is 3.63. The summed E-state index contributed by atoms with van der Waals surface area (Å²) < 4.78 is 13.9. The molecular weight excluding hydrogens is 236 g/mol. The lowest BCUT2D eigenvalue weighted by Gasteiger charge is -2.02. The van der Waals surface area contributed by atoms with E-state index in [0.29, 0.717) is 17.8 Å². The van der Waals surface area contributed by atoms with Gasteiger partial charge in [-0.3, -0.25) is 4.79 Å². The van der Waals surface area contributed by atoms with E-state index >= 15 is 0 Å². The number of hydrogen-bond donors (Lipinski definition) is 0. The molecule has 0 aliphatic carbocycles. The predicted octanol–water partition coefficient (Wildman–Crippen LogP) is 3.07. The van der Waals surface area contributed by atoms with Crippen LogP contribution < -0.4 is 0 Å². The molecule has 0 radical (unpaired) electrons. The molecule has 0 saturated heterocycles. The van der Waals surface area contributed by atoms with Crippen LogP contribution in [0.2, 0.25) is 0 Å². The summed E-state index contributed by atoms with van der Waals surface area (Å²) in [6.45, 7) is 1.98. The number of aromatic nitrogens is 2. The second-order valence-corrected chi connectivity index (χ2v) is 4.24. The highest BCUT2D eigenvalue weighted by atomic mass is 32.1. The Labute approximate surface area is 101 Å². The fourth-order valence-corrected chi connectivity index (χ4v) is 2.36. The fraction of sp³-hybridized carbons (Fsp3) is 0.0833. The largest absolute Gasteiger partial charge is 0.453 e. The average Bonchev–Trinajstić information content (AvgIpc) is 2.96. The standard InChI is InChI=1S/C12H8N2O2S/c1-7-2-4-9-12(14-17-13-9)11(7)10-5-3-8(6-15)16-10/h2-6H,1H3. The van der Waals surface area contributed by atoms with Crippen molar-refractivity contribution in [2.24, 2.45) is 0 Å². The lowest BCUT2D eigenvalue weighted by Crippen LogP contribution is -1.84. The number of fused-ring (bicyclic) bond motifs is 1. The normalized spacial score (nSPS) is 10.9. The van der Waals surface area contributed by atoms with Gasteiger partial charge in [-0.2, -0.15) is 8.75 Å². The number of carbonyl (C=O) groups is 1. The minimum absolute atomic E-state index is 0.319. The molecule has 0 spiro atoms. The summed E-state index contributed by atoms with van der Waals surface area (Å²) in [4.78, 5) is 10.6. The van der Waals surface area contributed by atoms with Crippen LogP contribution in [0.15, 0.2) is 28.7 Å². The highest BCUT2D eigenvalue weighted by Gasteiger charge is 2.13. The minimum Gasteiger partial charge on any atom is -0.453 e. The van der Waals surface area contributed by atoms with Crippen LogP contribution in [0.25, 0.3) is 22.4 Å². The maximum absolute atomic E-state index is 10.6. The third-order valence-electron chi connectivity index (χ3n) is 2.63. The first-order valence-corrected chi connectivity index (χ1v) is 5.80. The molecule has 0 atom stereocenters. The van der Waals surface area contributed by atoms with Crippen molar-refractivity contribution in [3.63, 3.8) is 0 Å². The van der Waals surface area contributed by atoms with Gasteiger partial charge in [0.15, 0.2) is 12.0 Å². The van der Waals surface area contributed by atoms with Gasteiger partial charge in [0.1, 0.15) is 16.8 Å². The summed E-state index contributed by atoms with van der Waals surface area (Å²) in [6.07, 6.45) is 0.693. The van der Waals surface area contributed by atoms with Crippen molar-refractivity contribution in [3.8, 4) is 11.3 Å².